The van der Waals surface area contributed by atoms with Gasteiger partial charge in [0.2, 0.25) is 5.91 Å². The van der Waals surface area contributed by atoms with Crippen LogP contribution in [0.3, 0.4) is 0 Å². The molecule has 0 bridgehead atoms. The van der Waals surface area contributed by atoms with Gasteiger partial charge < -0.3 is 15.5 Å². The van der Waals surface area contributed by atoms with E-state index >= 15 is 0 Å². The van der Waals surface area contributed by atoms with Crippen molar-refractivity contribution >= 4 is 11.6 Å². The summed E-state index contributed by atoms with van der Waals surface area (Å²) in [5, 5.41) is 6.36. The summed E-state index contributed by atoms with van der Waals surface area (Å²) in [5.74, 6) is 0.0825. The van der Waals surface area contributed by atoms with Crippen LogP contribution >= 0.6 is 0 Å². The number of amides is 1. The summed E-state index contributed by atoms with van der Waals surface area (Å²) in [7, 11) is 4.14. The Balaban J connectivity index is 2.31. The first-order valence-corrected chi connectivity index (χ1v) is 7.78. The fraction of sp³-hybridized carbons (Fsp3) is 0.588. The first kappa shape index (κ1) is 17.7. The van der Waals surface area contributed by atoms with Crippen molar-refractivity contribution in [2.24, 2.45) is 0 Å². The van der Waals surface area contributed by atoms with Crippen molar-refractivity contribution in [3.8, 4) is 0 Å². The van der Waals surface area contributed by atoms with E-state index in [-0.39, 0.29) is 5.91 Å². The predicted molar refractivity (Wildman–Crippen MR) is 89.8 cm³/mol. The Bertz CT molecular complexity index is 444. The van der Waals surface area contributed by atoms with Crippen LogP contribution in [0, 0.1) is 6.92 Å². The van der Waals surface area contributed by atoms with Gasteiger partial charge in [0.05, 0.1) is 0 Å². The van der Waals surface area contributed by atoms with E-state index in [1.165, 1.54) is 5.56 Å². The van der Waals surface area contributed by atoms with Crippen molar-refractivity contribution in [2.45, 2.75) is 33.1 Å². The Morgan fingerprint density at radius 3 is 2.67 bits per heavy atom. The molecule has 1 rings (SSSR count). The maximum atomic E-state index is 12.0. The van der Waals surface area contributed by atoms with Gasteiger partial charge >= 0.3 is 0 Å². The highest BCUT2D eigenvalue weighted by Crippen LogP contribution is 2.21. The Morgan fingerprint density at radius 2 is 2.00 bits per heavy atom. The summed E-state index contributed by atoms with van der Waals surface area (Å²) < 4.78 is 0. The van der Waals surface area contributed by atoms with Crippen LogP contribution < -0.4 is 10.6 Å². The molecule has 0 spiro atoms. The van der Waals surface area contributed by atoms with Crippen LogP contribution in [0.4, 0.5) is 5.69 Å². The van der Waals surface area contributed by atoms with E-state index in [0.29, 0.717) is 6.42 Å². The van der Waals surface area contributed by atoms with Gasteiger partial charge in [-0.25, -0.2) is 0 Å². The number of hydrogen-bond donors (Lipinski definition) is 2. The summed E-state index contributed by atoms with van der Waals surface area (Å²) in [6.45, 7) is 6.90. The quantitative estimate of drug-likeness (QED) is 0.687. The molecule has 0 saturated carbocycles. The third kappa shape index (κ3) is 6.74. The lowest BCUT2D eigenvalue weighted by molar-refractivity contribution is -0.116. The van der Waals surface area contributed by atoms with Gasteiger partial charge in [-0.2, -0.15) is 0 Å². The van der Waals surface area contributed by atoms with Gasteiger partial charge in [0.25, 0.3) is 0 Å². The normalized spacial score (nSPS) is 10.9. The zero-order valence-corrected chi connectivity index (χ0v) is 13.8. The Labute approximate surface area is 128 Å². The molecule has 2 N–H and O–H groups in total. The van der Waals surface area contributed by atoms with Crippen molar-refractivity contribution in [1.82, 2.24) is 10.2 Å². The molecular formula is C17H29N3O. The molecule has 4 nitrogen and oxygen atoms in total. The van der Waals surface area contributed by atoms with E-state index in [1.54, 1.807) is 0 Å². The summed E-state index contributed by atoms with van der Waals surface area (Å²) in [6, 6.07) is 6.15. The molecule has 21 heavy (non-hydrogen) atoms. The van der Waals surface area contributed by atoms with Crippen LogP contribution in [0.2, 0.25) is 0 Å². The Morgan fingerprint density at radius 1 is 1.24 bits per heavy atom. The topological polar surface area (TPSA) is 44.4 Å². The highest BCUT2D eigenvalue weighted by Gasteiger charge is 2.08. The lowest BCUT2D eigenvalue weighted by Gasteiger charge is -2.13. The van der Waals surface area contributed by atoms with Crippen molar-refractivity contribution in [1.29, 1.82) is 0 Å². The first-order chi connectivity index (χ1) is 10.0. The molecule has 0 fully saturated rings. The molecule has 1 aromatic carbocycles. The van der Waals surface area contributed by atoms with Crippen molar-refractivity contribution in [3.63, 3.8) is 0 Å². The number of anilines is 1. The van der Waals surface area contributed by atoms with E-state index in [1.807, 2.05) is 19.1 Å². The average Bonchev–Trinajstić information content (AvgIpc) is 2.44. The molecule has 0 atom stereocenters. The molecule has 0 aliphatic heterocycles. The number of rotatable bonds is 9. The van der Waals surface area contributed by atoms with E-state index in [4.69, 9.17) is 0 Å². The lowest BCUT2D eigenvalue weighted by Crippen LogP contribution is -2.25. The second kappa shape index (κ2) is 9.53. The SMILES string of the molecule is CCc1cccc(C)c1NC(=O)CCNCCCN(C)C. The Kier molecular flexibility index (Phi) is 8.01. The van der Waals surface area contributed by atoms with Gasteiger partial charge in [0, 0.05) is 18.7 Å². The van der Waals surface area contributed by atoms with Crippen molar-refractivity contribution in [3.05, 3.63) is 29.3 Å². The maximum absolute atomic E-state index is 12.0. The van der Waals surface area contributed by atoms with Crippen LogP contribution in [-0.2, 0) is 11.2 Å². The largest absolute Gasteiger partial charge is 0.326 e. The van der Waals surface area contributed by atoms with Gasteiger partial charge in [-0.3, -0.25) is 4.79 Å². The molecule has 4 heteroatoms. The highest BCUT2D eigenvalue weighted by atomic mass is 16.1. The molecule has 1 aromatic rings. The van der Waals surface area contributed by atoms with E-state index in [2.05, 4.69) is 42.6 Å². The number of aryl methyl sites for hydroxylation is 2. The van der Waals surface area contributed by atoms with Gasteiger partial charge in [-0.1, -0.05) is 25.1 Å². The minimum Gasteiger partial charge on any atom is -0.326 e. The summed E-state index contributed by atoms with van der Waals surface area (Å²) in [4.78, 5) is 14.2. The van der Waals surface area contributed by atoms with Crippen LogP contribution in [0.5, 0.6) is 0 Å². The summed E-state index contributed by atoms with van der Waals surface area (Å²) >= 11 is 0. The van der Waals surface area contributed by atoms with Gasteiger partial charge in [0.15, 0.2) is 0 Å². The number of nitrogens with one attached hydrogen (secondary N) is 2. The average molecular weight is 291 g/mol. The highest BCUT2D eigenvalue weighted by molar-refractivity contribution is 5.92. The molecular weight excluding hydrogens is 262 g/mol. The van der Waals surface area contributed by atoms with E-state index in [9.17, 15) is 4.79 Å². The maximum Gasteiger partial charge on any atom is 0.225 e. The fourth-order valence-electron chi connectivity index (χ4n) is 2.25. The zero-order valence-electron chi connectivity index (χ0n) is 13.8. The smallest absolute Gasteiger partial charge is 0.225 e. The number of nitrogens with zero attached hydrogens (tertiary/aromatic N) is 1. The summed E-state index contributed by atoms with van der Waals surface area (Å²) in [5.41, 5.74) is 3.31. The predicted octanol–water partition coefficient (Wildman–Crippen LogP) is 2.43. The third-order valence-electron chi connectivity index (χ3n) is 3.49. The summed E-state index contributed by atoms with van der Waals surface area (Å²) in [6.07, 6.45) is 2.55. The van der Waals surface area contributed by atoms with E-state index < -0.39 is 0 Å². The minimum absolute atomic E-state index is 0.0825. The van der Waals surface area contributed by atoms with E-state index in [0.717, 1.165) is 43.7 Å². The van der Waals surface area contributed by atoms with Crippen LogP contribution in [0.25, 0.3) is 0 Å². The number of benzene rings is 1. The number of carbonyl (C=O) groups is 1. The van der Waals surface area contributed by atoms with Gasteiger partial charge in [-0.15, -0.1) is 0 Å². The fourth-order valence-corrected chi connectivity index (χ4v) is 2.25. The first-order valence-electron chi connectivity index (χ1n) is 7.78. The van der Waals surface area contributed by atoms with Crippen LogP contribution in [0.1, 0.15) is 30.9 Å². The molecule has 0 heterocycles. The molecule has 0 aliphatic carbocycles. The second-order valence-electron chi connectivity index (χ2n) is 5.67. The molecule has 0 aliphatic rings. The lowest BCUT2D eigenvalue weighted by atomic mass is 10.1. The molecule has 1 amide bonds. The molecule has 0 saturated heterocycles. The third-order valence-corrected chi connectivity index (χ3v) is 3.49. The van der Waals surface area contributed by atoms with Gasteiger partial charge in [-0.05, 0) is 58.1 Å². The second-order valence-corrected chi connectivity index (χ2v) is 5.67. The monoisotopic (exact) mass is 291 g/mol. The molecule has 0 aromatic heterocycles. The van der Waals surface area contributed by atoms with Crippen LogP contribution in [0.15, 0.2) is 18.2 Å². The van der Waals surface area contributed by atoms with Crippen molar-refractivity contribution < 1.29 is 4.79 Å². The number of carbonyl (C=O) groups excluding carboxylic acids is 1. The molecule has 118 valence electrons. The van der Waals surface area contributed by atoms with Crippen LogP contribution in [-0.4, -0.2) is 44.5 Å². The minimum atomic E-state index is 0.0825. The Hall–Kier alpha value is -1.39. The standard InChI is InChI=1S/C17H29N3O/c1-5-15-9-6-8-14(2)17(15)19-16(21)10-12-18-11-7-13-20(3)4/h6,8-9,18H,5,7,10-13H2,1-4H3,(H,19,21). The number of hydrogen-bond acceptors (Lipinski definition) is 3. The van der Waals surface area contributed by atoms with Gasteiger partial charge in [0.1, 0.15) is 0 Å². The molecule has 0 unspecified atom stereocenters. The zero-order chi connectivity index (χ0) is 15.7. The molecule has 0 radical (unpaired) electrons. The van der Waals surface area contributed by atoms with Crippen molar-refractivity contribution in [2.75, 3.05) is 39.0 Å². The number of para-hydroxylation sites is 1.